The van der Waals surface area contributed by atoms with Crippen molar-refractivity contribution in [1.82, 2.24) is 9.97 Å². The topological polar surface area (TPSA) is 66.9 Å². The maximum atomic E-state index is 13.6. The lowest BCUT2D eigenvalue weighted by Gasteiger charge is -2.10. The van der Waals surface area contributed by atoms with Crippen LogP contribution in [-0.2, 0) is 6.18 Å². The molecule has 0 aliphatic rings. The maximum absolute atomic E-state index is 13.6. The molecule has 0 fully saturated rings. The van der Waals surface area contributed by atoms with E-state index in [4.69, 9.17) is 0 Å². The first kappa shape index (κ1) is 19.2. The third-order valence-corrected chi connectivity index (χ3v) is 3.56. The molecule has 1 heterocycles. The summed E-state index contributed by atoms with van der Waals surface area (Å²) in [7, 11) is 0. The second-order valence-electron chi connectivity index (χ2n) is 5.57. The molecule has 3 rings (SSSR count). The summed E-state index contributed by atoms with van der Waals surface area (Å²) in [5.41, 5.74) is -0.861. The standard InChI is InChI=1S/C18H11F5N4O/c19-11-3-6-14(13(20)7-11)27-17(28)15-8-16(25-9-24-15)26-12-4-1-10(2-5-12)18(21,22)23/h1-9H,(H,27,28)(H,24,25,26). The molecule has 0 spiro atoms. The number of carbonyl (C=O) groups is 1. The number of hydrogen-bond acceptors (Lipinski definition) is 4. The zero-order chi connectivity index (χ0) is 20.3. The van der Waals surface area contributed by atoms with Crippen LogP contribution in [0.2, 0.25) is 0 Å². The molecule has 5 nitrogen and oxygen atoms in total. The first-order chi connectivity index (χ1) is 13.2. The van der Waals surface area contributed by atoms with Gasteiger partial charge in [-0.1, -0.05) is 0 Å². The van der Waals surface area contributed by atoms with E-state index in [2.05, 4.69) is 20.6 Å². The predicted octanol–water partition coefficient (Wildman–Crippen LogP) is 4.77. The summed E-state index contributed by atoms with van der Waals surface area (Å²) in [6, 6.07) is 8.10. The van der Waals surface area contributed by atoms with Gasteiger partial charge in [0.2, 0.25) is 0 Å². The molecule has 28 heavy (non-hydrogen) atoms. The quantitative estimate of drug-likeness (QED) is 0.626. The van der Waals surface area contributed by atoms with Gasteiger partial charge in [-0.3, -0.25) is 4.79 Å². The van der Waals surface area contributed by atoms with Crippen molar-refractivity contribution in [2.75, 3.05) is 10.6 Å². The Morgan fingerprint density at radius 1 is 0.929 bits per heavy atom. The Bertz CT molecular complexity index is 1010. The van der Waals surface area contributed by atoms with Crippen molar-refractivity contribution in [3.8, 4) is 0 Å². The average Bonchev–Trinajstić information content (AvgIpc) is 2.64. The highest BCUT2D eigenvalue weighted by atomic mass is 19.4. The monoisotopic (exact) mass is 394 g/mol. The molecule has 0 radical (unpaired) electrons. The van der Waals surface area contributed by atoms with Crippen molar-refractivity contribution in [2.45, 2.75) is 6.18 Å². The molecular formula is C18H11F5N4O. The molecule has 0 aliphatic heterocycles. The largest absolute Gasteiger partial charge is 0.416 e. The minimum Gasteiger partial charge on any atom is -0.340 e. The van der Waals surface area contributed by atoms with Crippen LogP contribution >= 0.6 is 0 Å². The maximum Gasteiger partial charge on any atom is 0.416 e. The lowest BCUT2D eigenvalue weighted by atomic mass is 10.2. The van der Waals surface area contributed by atoms with E-state index < -0.39 is 29.3 Å². The van der Waals surface area contributed by atoms with Gasteiger partial charge in [-0.05, 0) is 36.4 Å². The van der Waals surface area contributed by atoms with Gasteiger partial charge in [-0.25, -0.2) is 18.7 Å². The molecule has 0 saturated carbocycles. The highest BCUT2D eigenvalue weighted by Crippen LogP contribution is 2.30. The van der Waals surface area contributed by atoms with Gasteiger partial charge < -0.3 is 10.6 Å². The number of aromatic nitrogens is 2. The van der Waals surface area contributed by atoms with E-state index in [0.717, 1.165) is 30.6 Å². The summed E-state index contributed by atoms with van der Waals surface area (Å²) in [5.74, 6) is -2.38. The van der Waals surface area contributed by atoms with Crippen LogP contribution in [0.1, 0.15) is 16.1 Å². The second-order valence-corrected chi connectivity index (χ2v) is 5.57. The molecule has 1 aromatic heterocycles. The Kier molecular flexibility index (Phi) is 5.21. The molecule has 3 aromatic rings. The van der Waals surface area contributed by atoms with Gasteiger partial charge >= 0.3 is 6.18 Å². The first-order valence-corrected chi connectivity index (χ1v) is 7.75. The Morgan fingerprint density at radius 3 is 2.29 bits per heavy atom. The lowest BCUT2D eigenvalue weighted by Crippen LogP contribution is -2.15. The summed E-state index contributed by atoms with van der Waals surface area (Å²) in [5, 5.41) is 4.98. The molecule has 2 N–H and O–H groups in total. The number of hydrogen-bond donors (Lipinski definition) is 2. The number of amides is 1. The molecule has 0 aliphatic carbocycles. The number of alkyl halides is 3. The summed E-state index contributed by atoms with van der Waals surface area (Å²) in [6.45, 7) is 0. The predicted molar refractivity (Wildman–Crippen MR) is 91.1 cm³/mol. The van der Waals surface area contributed by atoms with Crippen molar-refractivity contribution in [3.05, 3.63) is 77.8 Å². The average molecular weight is 394 g/mol. The number of benzene rings is 2. The zero-order valence-corrected chi connectivity index (χ0v) is 13.9. The fourth-order valence-corrected chi connectivity index (χ4v) is 2.22. The lowest BCUT2D eigenvalue weighted by molar-refractivity contribution is -0.137. The summed E-state index contributed by atoms with van der Waals surface area (Å²) in [6.07, 6.45) is -3.39. The SMILES string of the molecule is O=C(Nc1ccc(F)cc1F)c1cc(Nc2ccc(C(F)(F)F)cc2)ncn1. The van der Waals surface area contributed by atoms with Crippen LogP contribution < -0.4 is 10.6 Å². The normalized spacial score (nSPS) is 11.2. The number of anilines is 3. The van der Waals surface area contributed by atoms with Crippen LogP contribution in [0.15, 0.2) is 54.9 Å². The molecule has 1 amide bonds. The van der Waals surface area contributed by atoms with Crippen molar-refractivity contribution in [3.63, 3.8) is 0 Å². The van der Waals surface area contributed by atoms with E-state index >= 15 is 0 Å². The van der Waals surface area contributed by atoms with Gasteiger partial charge in [-0.2, -0.15) is 13.2 Å². The van der Waals surface area contributed by atoms with Gasteiger partial charge in [0, 0.05) is 17.8 Å². The third-order valence-electron chi connectivity index (χ3n) is 3.56. The Hall–Kier alpha value is -3.56. The van der Waals surface area contributed by atoms with E-state index in [1.54, 1.807) is 0 Å². The molecular weight excluding hydrogens is 383 g/mol. The molecule has 2 aromatic carbocycles. The Balaban J connectivity index is 1.73. The molecule has 0 atom stereocenters. The second kappa shape index (κ2) is 7.59. The third kappa shape index (κ3) is 4.58. The molecule has 0 saturated heterocycles. The van der Waals surface area contributed by atoms with Crippen LogP contribution in [0.4, 0.5) is 39.1 Å². The highest BCUT2D eigenvalue weighted by molar-refractivity contribution is 6.03. The van der Waals surface area contributed by atoms with Crippen molar-refractivity contribution >= 4 is 23.1 Å². The highest BCUT2D eigenvalue weighted by Gasteiger charge is 2.29. The Morgan fingerprint density at radius 2 is 1.64 bits per heavy atom. The van der Waals surface area contributed by atoms with E-state index in [0.29, 0.717) is 11.8 Å². The zero-order valence-electron chi connectivity index (χ0n) is 13.9. The van der Waals surface area contributed by atoms with E-state index in [9.17, 15) is 26.7 Å². The van der Waals surface area contributed by atoms with Crippen LogP contribution in [0.5, 0.6) is 0 Å². The van der Waals surface area contributed by atoms with Crippen LogP contribution in [-0.4, -0.2) is 15.9 Å². The first-order valence-electron chi connectivity index (χ1n) is 7.75. The number of rotatable bonds is 4. The van der Waals surface area contributed by atoms with E-state index in [1.807, 2.05) is 0 Å². The van der Waals surface area contributed by atoms with Gasteiger partial charge in [0.05, 0.1) is 11.3 Å². The van der Waals surface area contributed by atoms with Gasteiger partial charge in [0.15, 0.2) is 0 Å². The number of nitrogens with zero attached hydrogens (tertiary/aromatic N) is 2. The van der Waals surface area contributed by atoms with Crippen molar-refractivity contribution < 1.29 is 26.7 Å². The van der Waals surface area contributed by atoms with Crippen LogP contribution in [0, 0.1) is 11.6 Å². The minimum atomic E-state index is -4.45. The van der Waals surface area contributed by atoms with E-state index in [1.165, 1.54) is 18.2 Å². The van der Waals surface area contributed by atoms with Crippen LogP contribution in [0.25, 0.3) is 0 Å². The molecule has 0 unspecified atom stereocenters. The minimum absolute atomic E-state index is 0.131. The number of carbonyl (C=O) groups excluding carboxylic acids is 1. The Labute approximate surface area is 155 Å². The number of halogens is 5. The molecule has 10 heteroatoms. The smallest absolute Gasteiger partial charge is 0.340 e. The van der Waals surface area contributed by atoms with Gasteiger partial charge in [0.1, 0.15) is 29.5 Å². The summed E-state index contributed by atoms with van der Waals surface area (Å²) >= 11 is 0. The van der Waals surface area contributed by atoms with Crippen molar-refractivity contribution in [1.29, 1.82) is 0 Å². The van der Waals surface area contributed by atoms with Gasteiger partial charge in [0.25, 0.3) is 5.91 Å². The summed E-state index contributed by atoms with van der Waals surface area (Å²) < 4.78 is 64.3. The number of nitrogens with one attached hydrogen (secondary N) is 2. The van der Waals surface area contributed by atoms with Gasteiger partial charge in [-0.15, -0.1) is 0 Å². The van der Waals surface area contributed by atoms with Crippen molar-refractivity contribution in [2.24, 2.45) is 0 Å². The fourth-order valence-electron chi connectivity index (χ4n) is 2.22. The molecule has 0 bridgehead atoms. The van der Waals surface area contributed by atoms with E-state index in [-0.39, 0.29) is 17.2 Å². The fraction of sp³-hybridized carbons (Fsp3) is 0.0556. The summed E-state index contributed by atoms with van der Waals surface area (Å²) in [4.78, 5) is 19.8. The van der Waals surface area contributed by atoms with Crippen LogP contribution in [0.3, 0.4) is 0 Å². The molecule has 144 valence electrons.